The minimum absolute atomic E-state index is 0.291. The molecule has 0 bridgehead atoms. The van der Waals surface area contributed by atoms with Crippen molar-refractivity contribution < 1.29 is 37.0 Å². The topological polar surface area (TPSA) is 93.7 Å². The van der Waals surface area contributed by atoms with Gasteiger partial charge in [0.05, 0.1) is 12.2 Å². The third kappa shape index (κ3) is 4.82. The van der Waals surface area contributed by atoms with E-state index in [1.54, 1.807) is 6.07 Å². The van der Waals surface area contributed by atoms with Crippen LogP contribution in [0.2, 0.25) is 0 Å². The Hall–Kier alpha value is -3.86. The second-order valence-corrected chi connectivity index (χ2v) is 7.93. The number of carbonyl (C=O) groups excluding carboxylic acids is 3. The quantitative estimate of drug-likeness (QED) is 0.419. The molecule has 0 aliphatic carbocycles. The van der Waals surface area contributed by atoms with E-state index in [4.69, 9.17) is 9.47 Å². The standard InChI is InChI=1S/C22H15F3N2O5S/c23-13-5-6-14(20(25)19(13)24)27-17(28)8-26-18(29)10-32-22(30)16-7-11-9-31-15-4-2-1-3-12(15)21(11)33-16/h1-7H,8-10H2,(H,26,29)(H,27,28). The first-order valence-corrected chi connectivity index (χ1v) is 10.4. The second kappa shape index (κ2) is 9.33. The number of amides is 2. The number of halogens is 3. The number of para-hydroxylation sites is 1. The minimum Gasteiger partial charge on any atom is -0.488 e. The summed E-state index contributed by atoms with van der Waals surface area (Å²) in [5, 5.41) is 4.19. The minimum atomic E-state index is -1.73. The average Bonchev–Trinajstić information content (AvgIpc) is 3.27. The van der Waals surface area contributed by atoms with Crippen LogP contribution in [-0.2, 0) is 20.9 Å². The van der Waals surface area contributed by atoms with Crippen LogP contribution < -0.4 is 15.4 Å². The molecule has 1 aliphatic rings. The lowest BCUT2D eigenvalue weighted by molar-refractivity contribution is -0.126. The molecule has 0 saturated heterocycles. The Morgan fingerprint density at radius 3 is 2.64 bits per heavy atom. The van der Waals surface area contributed by atoms with Gasteiger partial charge in [0.25, 0.3) is 5.91 Å². The first-order chi connectivity index (χ1) is 15.8. The zero-order valence-corrected chi connectivity index (χ0v) is 17.6. The van der Waals surface area contributed by atoms with Crippen LogP contribution in [0.4, 0.5) is 18.9 Å². The smallest absolute Gasteiger partial charge is 0.348 e. The zero-order chi connectivity index (χ0) is 23.5. The fourth-order valence-electron chi connectivity index (χ4n) is 3.05. The van der Waals surface area contributed by atoms with Crippen molar-refractivity contribution in [2.75, 3.05) is 18.5 Å². The van der Waals surface area contributed by atoms with Crippen LogP contribution in [-0.4, -0.2) is 30.9 Å². The fourth-order valence-corrected chi connectivity index (χ4v) is 4.14. The monoisotopic (exact) mass is 476 g/mol. The summed E-state index contributed by atoms with van der Waals surface area (Å²) < 4.78 is 50.3. The van der Waals surface area contributed by atoms with Crippen molar-refractivity contribution in [2.24, 2.45) is 0 Å². The summed E-state index contributed by atoms with van der Waals surface area (Å²) in [6, 6.07) is 10.6. The van der Waals surface area contributed by atoms with Crippen molar-refractivity contribution >= 4 is 34.8 Å². The van der Waals surface area contributed by atoms with Crippen molar-refractivity contribution in [2.45, 2.75) is 6.61 Å². The molecule has 33 heavy (non-hydrogen) atoms. The van der Waals surface area contributed by atoms with E-state index in [-0.39, 0.29) is 0 Å². The Morgan fingerprint density at radius 2 is 1.82 bits per heavy atom. The van der Waals surface area contributed by atoms with Gasteiger partial charge in [0.2, 0.25) is 5.91 Å². The zero-order valence-electron chi connectivity index (χ0n) is 16.7. The summed E-state index contributed by atoms with van der Waals surface area (Å²) in [6.45, 7) is -0.943. The Bertz CT molecular complexity index is 1260. The molecule has 3 aromatic rings. The van der Waals surface area contributed by atoms with E-state index in [0.29, 0.717) is 23.3 Å². The molecule has 0 atom stereocenters. The number of hydrogen-bond acceptors (Lipinski definition) is 6. The predicted molar refractivity (Wildman–Crippen MR) is 112 cm³/mol. The van der Waals surface area contributed by atoms with E-state index >= 15 is 0 Å². The van der Waals surface area contributed by atoms with Gasteiger partial charge in [0.15, 0.2) is 24.1 Å². The lowest BCUT2D eigenvalue weighted by Crippen LogP contribution is -2.35. The molecule has 1 aromatic heterocycles. The summed E-state index contributed by atoms with van der Waals surface area (Å²) in [5.41, 5.74) is 1.12. The molecule has 0 unspecified atom stereocenters. The highest BCUT2D eigenvalue weighted by Gasteiger charge is 2.23. The van der Waals surface area contributed by atoms with Crippen LogP contribution in [0.5, 0.6) is 5.75 Å². The summed E-state index contributed by atoms with van der Waals surface area (Å²) in [6.07, 6.45) is 0. The molecule has 2 amide bonds. The molecule has 0 saturated carbocycles. The fraction of sp³-hybridized carbons (Fsp3) is 0.136. The molecule has 0 fully saturated rings. The number of ether oxygens (including phenoxy) is 2. The van der Waals surface area contributed by atoms with Gasteiger partial charge in [-0.15, -0.1) is 11.3 Å². The summed E-state index contributed by atoms with van der Waals surface area (Å²) in [5.74, 6) is -6.35. The van der Waals surface area contributed by atoms with Crippen LogP contribution in [0.1, 0.15) is 15.2 Å². The van der Waals surface area contributed by atoms with Gasteiger partial charge in [-0.1, -0.05) is 12.1 Å². The number of benzene rings is 2. The SMILES string of the molecule is O=C(COC(=O)c1cc2c(s1)-c1ccccc1OC2)NCC(=O)Nc1ccc(F)c(F)c1F. The van der Waals surface area contributed by atoms with Crippen molar-refractivity contribution in [3.05, 3.63) is 70.4 Å². The third-order valence-corrected chi connectivity index (χ3v) is 5.81. The van der Waals surface area contributed by atoms with E-state index < -0.39 is 54.1 Å². The van der Waals surface area contributed by atoms with Gasteiger partial charge in [0.1, 0.15) is 17.2 Å². The Labute approximate surface area is 189 Å². The van der Waals surface area contributed by atoms with Gasteiger partial charge in [-0.25, -0.2) is 18.0 Å². The molecular weight excluding hydrogens is 461 g/mol. The summed E-state index contributed by atoms with van der Waals surface area (Å²) in [4.78, 5) is 37.2. The van der Waals surface area contributed by atoms with Gasteiger partial charge >= 0.3 is 5.97 Å². The first kappa shape index (κ1) is 22.3. The largest absolute Gasteiger partial charge is 0.488 e. The molecular formula is C22H15F3N2O5S. The number of rotatable bonds is 6. The first-order valence-electron chi connectivity index (χ1n) is 9.55. The van der Waals surface area contributed by atoms with E-state index in [1.807, 2.05) is 29.6 Å². The lowest BCUT2D eigenvalue weighted by Gasteiger charge is -2.16. The number of fused-ring (bicyclic) bond motifs is 3. The van der Waals surface area contributed by atoms with Gasteiger partial charge in [-0.3, -0.25) is 9.59 Å². The van der Waals surface area contributed by atoms with Crippen molar-refractivity contribution in [1.82, 2.24) is 5.32 Å². The van der Waals surface area contributed by atoms with Crippen LogP contribution in [0, 0.1) is 17.5 Å². The molecule has 2 aromatic carbocycles. The van der Waals surface area contributed by atoms with Crippen molar-refractivity contribution in [3.8, 4) is 16.2 Å². The molecule has 2 heterocycles. The van der Waals surface area contributed by atoms with Crippen molar-refractivity contribution in [1.29, 1.82) is 0 Å². The molecule has 2 N–H and O–H groups in total. The number of thiophene rings is 1. The number of esters is 1. The summed E-state index contributed by atoms with van der Waals surface area (Å²) in [7, 11) is 0. The number of carbonyl (C=O) groups is 3. The third-order valence-electron chi connectivity index (χ3n) is 4.61. The molecule has 1 aliphatic heterocycles. The van der Waals surface area contributed by atoms with Crippen LogP contribution in [0.3, 0.4) is 0 Å². The maximum Gasteiger partial charge on any atom is 0.348 e. The molecule has 0 spiro atoms. The highest BCUT2D eigenvalue weighted by Crippen LogP contribution is 2.42. The number of nitrogens with one attached hydrogen (secondary N) is 2. The Morgan fingerprint density at radius 1 is 1.03 bits per heavy atom. The van der Waals surface area contributed by atoms with E-state index in [9.17, 15) is 27.6 Å². The molecule has 170 valence electrons. The van der Waals surface area contributed by atoms with Crippen LogP contribution in [0.15, 0.2) is 42.5 Å². The molecule has 11 heteroatoms. The highest BCUT2D eigenvalue weighted by molar-refractivity contribution is 7.17. The van der Waals surface area contributed by atoms with Gasteiger partial charge in [-0.2, -0.15) is 0 Å². The van der Waals surface area contributed by atoms with E-state index in [1.165, 1.54) is 11.3 Å². The van der Waals surface area contributed by atoms with E-state index in [2.05, 4.69) is 5.32 Å². The Balaban J connectivity index is 1.28. The maximum atomic E-state index is 13.6. The maximum absolute atomic E-state index is 13.6. The number of hydrogen-bond donors (Lipinski definition) is 2. The molecule has 4 rings (SSSR count). The normalized spacial score (nSPS) is 11.6. The van der Waals surface area contributed by atoms with Gasteiger partial charge in [0, 0.05) is 16.0 Å². The number of anilines is 1. The van der Waals surface area contributed by atoms with E-state index in [0.717, 1.165) is 22.1 Å². The van der Waals surface area contributed by atoms with Crippen LogP contribution >= 0.6 is 11.3 Å². The van der Waals surface area contributed by atoms with Gasteiger partial charge < -0.3 is 20.1 Å². The predicted octanol–water partition coefficient (Wildman–Crippen LogP) is 3.64. The van der Waals surface area contributed by atoms with Gasteiger partial charge in [-0.05, 0) is 30.3 Å². The molecule has 0 radical (unpaired) electrons. The second-order valence-electron chi connectivity index (χ2n) is 6.87. The lowest BCUT2D eigenvalue weighted by atomic mass is 10.1. The highest BCUT2D eigenvalue weighted by atomic mass is 32.1. The van der Waals surface area contributed by atoms with Crippen LogP contribution in [0.25, 0.3) is 10.4 Å². The average molecular weight is 476 g/mol. The Kier molecular flexibility index (Phi) is 6.31. The molecule has 7 nitrogen and oxygen atoms in total. The van der Waals surface area contributed by atoms with Crippen molar-refractivity contribution in [3.63, 3.8) is 0 Å². The summed E-state index contributed by atoms with van der Waals surface area (Å²) >= 11 is 1.22.